The minimum Gasteiger partial charge on any atom is -0.444 e. The molecule has 0 fully saturated rings. The zero-order valence-corrected chi connectivity index (χ0v) is 14.9. The minimum absolute atomic E-state index is 0.0638. The molecule has 2 N–H and O–H groups in total. The van der Waals surface area contributed by atoms with Gasteiger partial charge in [0.25, 0.3) is 0 Å². The number of nitrogens with zero attached hydrogens (tertiary/aromatic N) is 1. The molecule has 124 valence electrons. The van der Waals surface area contributed by atoms with E-state index in [2.05, 4.69) is 15.9 Å². The van der Waals surface area contributed by atoms with Gasteiger partial charge < -0.3 is 10.5 Å². The van der Waals surface area contributed by atoms with Gasteiger partial charge in [0.1, 0.15) is 23.2 Å². The Morgan fingerprint density at radius 1 is 1.42 bits per heavy atom. The molecule has 0 saturated heterocycles. The molecule has 0 bridgehead atoms. The van der Waals surface area contributed by atoms with E-state index in [1.165, 1.54) is 6.07 Å². The van der Waals surface area contributed by atoms with E-state index in [0.29, 0.717) is 28.6 Å². The summed E-state index contributed by atoms with van der Waals surface area (Å²) in [5.41, 5.74) is 6.29. The zero-order valence-electron chi connectivity index (χ0n) is 13.3. The first-order valence-corrected chi connectivity index (χ1v) is 8.31. The molecule has 24 heavy (non-hydrogen) atoms. The van der Waals surface area contributed by atoms with E-state index in [9.17, 15) is 14.4 Å². The van der Waals surface area contributed by atoms with Crippen LogP contribution >= 0.6 is 15.9 Å². The third-order valence-corrected chi connectivity index (χ3v) is 4.84. The average molecular weight is 391 g/mol. The van der Waals surface area contributed by atoms with Gasteiger partial charge in [-0.15, -0.1) is 0 Å². The number of Topliss-reactive ketones (excluding diaryl/α,β-unsaturated/α-hetero) is 1. The van der Waals surface area contributed by atoms with Gasteiger partial charge in [-0.3, -0.25) is 4.79 Å². The quantitative estimate of drug-likeness (QED) is 0.784. The highest BCUT2D eigenvalue weighted by atomic mass is 79.9. The fourth-order valence-corrected chi connectivity index (χ4v) is 3.71. The molecule has 1 atom stereocenters. The molecular weight excluding hydrogens is 375 g/mol. The van der Waals surface area contributed by atoms with E-state index < -0.39 is 11.7 Å². The predicted octanol–water partition coefficient (Wildman–Crippen LogP) is 4.04. The SMILES string of the molecule is CC1(C)CC(=O)C2=C(C1)OC(N)=C(C#N)C2c1cc(Br)ccc1F. The maximum absolute atomic E-state index is 14.5. The average Bonchev–Trinajstić information content (AvgIpc) is 2.47. The number of ether oxygens (including phenoxy) is 1. The molecular formula is C18H16BrFN2O2. The van der Waals surface area contributed by atoms with Gasteiger partial charge in [0.2, 0.25) is 5.88 Å². The van der Waals surface area contributed by atoms with Crippen LogP contribution in [-0.2, 0) is 9.53 Å². The minimum atomic E-state index is -0.833. The summed E-state index contributed by atoms with van der Waals surface area (Å²) in [5.74, 6) is -1.08. The van der Waals surface area contributed by atoms with Crippen LogP contribution in [0.15, 0.2) is 45.5 Å². The van der Waals surface area contributed by atoms with Gasteiger partial charge in [-0.1, -0.05) is 29.8 Å². The summed E-state index contributed by atoms with van der Waals surface area (Å²) in [6, 6.07) is 6.43. The van der Waals surface area contributed by atoms with Gasteiger partial charge in [-0.05, 0) is 23.6 Å². The van der Waals surface area contributed by atoms with Gasteiger partial charge in [0.05, 0.1) is 5.92 Å². The summed E-state index contributed by atoms with van der Waals surface area (Å²) in [4.78, 5) is 12.7. The Labute approximate surface area is 147 Å². The van der Waals surface area contributed by atoms with Gasteiger partial charge in [0.15, 0.2) is 5.78 Å². The second-order valence-electron chi connectivity index (χ2n) is 6.87. The standard InChI is InChI=1S/C18H16BrFN2O2/c1-18(2)6-13(23)16-14(7-18)24-17(22)11(8-21)15(16)10-5-9(19)3-4-12(10)20/h3-5,15H,6-7,22H2,1-2H3. The predicted molar refractivity (Wildman–Crippen MR) is 89.8 cm³/mol. The first-order valence-electron chi connectivity index (χ1n) is 7.52. The number of hydrogen-bond acceptors (Lipinski definition) is 4. The molecule has 0 radical (unpaired) electrons. The summed E-state index contributed by atoms with van der Waals surface area (Å²) < 4.78 is 20.7. The van der Waals surface area contributed by atoms with Crippen molar-refractivity contribution in [3.05, 3.63) is 56.8 Å². The number of benzene rings is 1. The fourth-order valence-electron chi connectivity index (χ4n) is 3.33. The lowest BCUT2D eigenvalue weighted by molar-refractivity contribution is -0.119. The van der Waals surface area contributed by atoms with E-state index >= 15 is 0 Å². The van der Waals surface area contributed by atoms with E-state index in [1.54, 1.807) is 12.1 Å². The molecule has 0 spiro atoms. The van der Waals surface area contributed by atoms with Crippen molar-refractivity contribution < 1.29 is 13.9 Å². The van der Waals surface area contributed by atoms with Crippen LogP contribution in [0.4, 0.5) is 4.39 Å². The normalized spacial score (nSPS) is 22.8. The molecule has 4 nitrogen and oxygen atoms in total. The smallest absolute Gasteiger partial charge is 0.205 e. The molecule has 1 aromatic rings. The Balaban J connectivity index is 2.24. The van der Waals surface area contributed by atoms with Crippen molar-refractivity contribution in [1.29, 1.82) is 5.26 Å². The lowest BCUT2D eigenvalue weighted by Gasteiger charge is -2.37. The van der Waals surface area contributed by atoms with Crippen molar-refractivity contribution in [2.24, 2.45) is 11.1 Å². The van der Waals surface area contributed by atoms with Gasteiger partial charge in [0, 0.05) is 28.5 Å². The fraction of sp³-hybridized carbons (Fsp3) is 0.333. The number of halogens is 2. The van der Waals surface area contributed by atoms with Gasteiger partial charge in [-0.2, -0.15) is 5.26 Å². The van der Waals surface area contributed by atoms with E-state index in [4.69, 9.17) is 10.5 Å². The summed E-state index contributed by atoms with van der Waals surface area (Å²) in [6.07, 6.45) is 0.833. The summed E-state index contributed by atoms with van der Waals surface area (Å²) in [7, 11) is 0. The monoisotopic (exact) mass is 390 g/mol. The van der Waals surface area contributed by atoms with Crippen LogP contribution in [0.3, 0.4) is 0 Å². The van der Waals surface area contributed by atoms with Crippen LogP contribution in [0.1, 0.15) is 38.2 Å². The number of ketones is 1. The molecule has 1 aromatic carbocycles. The molecule has 1 unspecified atom stereocenters. The highest BCUT2D eigenvalue weighted by molar-refractivity contribution is 9.10. The van der Waals surface area contributed by atoms with E-state index in [-0.39, 0.29) is 28.2 Å². The van der Waals surface area contributed by atoms with Crippen molar-refractivity contribution in [3.8, 4) is 6.07 Å². The number of allylic oxidation sites excluding steroid dienone is 3. The van der Waals surface area contributed by atoms with Crippen LogP contribution in [0, 0.1) is 22.6 Å². The highest BCUT2D eigenvalue weighted by Gasteiger charge is 2.43. The largest absolute Gasteiger partial charge is 0.444 e. The molecule has 1 aliphatic heterocycles. The topological polar surface area (TPSA) is 76.1 Å². The van der Waals surface area contributed by atoms with Crippen LogP contribution in [0.5, 0.6) is 0 Å². The molecule has 2 aliphatic rings. The number of nitriles is 1. The maximum Gasteiger partial charge on any atom is 0.205 e. The first-order chi connectivity index (χ1) is 11.2. The number of rotatable bonds is 1. The summed E-state index contributed by atoms with van der Waals surface area (Å²) in [5, 5.41) is 9.50. The number of carbonyl (C=O) groups excluding carboxylic acids is 1. The van der Waals surface area contributed by atoms with Crippen molar-refractivity contribution in [3.63, 3.8) is 0 Å². The van der Waals surface area contributed by atoms with Crippen molar-refractivity contribution >= 4 is 21.7 Å². The van der Waals surface area contributed by atoms with Crippen molar-refractivity contribution in [2.45, 2.75) is 32.6 Å². The molecule has 3 rings (SSSR count). The van der Waals surface area contributed by atoms with Crippen molar-refractivity contribution in [1.82, 2.24) is 0 Å². The highest BCUT2D eigenvalue weighted by Crippen LogP contribution is 2.48. The van der Waals surface area contributed by atoms with E-state index in [0.717, 1.165) is 0 Å². The second-order valence-corrected chi connectivity index (χ2v) is 7.78. The molecule has 0 amide bonds. The maximum atomic E-state index is 14.5. The Morgan fingerprint density at radius 3 is 2.79 bits per heavy atom. The lowest BCUT2D eigenvalue weighted by Crippen LogP contribution is -2.33. The Kier molecular flexibility index (Phi) is 4.00. The second kappa shape index (κ2) is 5.75. The molecule has 0 saturated carbocycles. The zero-order chi connectivity index (χ0) is 17.6. The Hall–Kier alpha value is -2.13. The molecule has 1 heterocycles. The van der Waals surface area contributed by atoms with Crippen LogP contribution in [0.25, 0.3) is 0 Å². The number of carbonyl (C=O) groups is 1. The van der Waals surface area contributed by atoms with Gasteiger partial charge in [-0.25, -0.2) is 4.39 Å². The van der Waals surface area contributed by atoms with Crippen LogP contribution in [-0.4, -0.2) is 5.78 Å². The van der Waals surface area contributed by atoms with Gasteiger partial charge >= 0.3 is 0 Å². The summed E-state index contributed by atoms with van der Waals surface area (Å²) in [6.45, 7) is 3.93. The third kappa shape index (κ3) is 2.73. The number of nitrogens with two attached hydrogens (primary N) is 1. The molecule has 1 aliphatic carbocycles. The number of hydrogen-bond donors (Lipinski definition) is 1. The first kappa shape index (κ1) is 16.7. The Morgan fingerprint density at radius 2 is 2.12 bits per heavy atom. The molecule has 0 aromatic heterocycles. The third-order valence-electron chi connectivity index (χ3n) is 4.34. The lowest BCUT2D eigenvalue weighted by atomic mass is 9.70. The summed E-state index contributed by atoms with van der Waals surface area (Å²) >= 11 is 3.31. The van der Waals surface area contributed by atoms with Crippen LogP contribution < -0.4 is 5.73 Å². The Bertz CT molecular complexity index is 849. The van der Waals surface area contributed by atoms with Crippen LogP contribution in [0.2, 0.25) is 0 Å². The van der Waals surface area contributed by atoms with E-state index in [1.807, 2.05) is 19.9 Å². The van der Waals surface area contributed by atoms with Crippen molar-refractivity contribution in [2.75, 3.05) is 0 Å². The molecule has 6 heteroatoms.